The van der Waals surface area contributed by atoms with Gasteiger partial charge in [-0.25, -0.2) is 0 Å². The average molecular weight is 393 g/mol. The number of hydrogen-bond donors (Lipinski definition) is 0. The van der Waals surface area contributed by atoms with Crippen molar-refractivity contribution in [2.24, 2.45) is 0 Å². The highest BCUT2D eigenvalue weighted by Crippen LogP contribution is 2.34. The molecule has 1 atom stereocenters. The minimum atomic E-state index is 0.0324. The second-order valence-electron chi connectivity index (χ2n) is 6.48. The van der Waals surface area contributed by atoms with Gasteiger partial charge < -0.3 is 0 Å². The number of carbonyl (C=O) groups is 1. The topological polar surface area (TPSA) is 17.1 Å². The molecule has 0 aliphatic carbocycles. The molecule has 0 heterocycles. The van der Waals surface area contributed by atoms with Gasteiger partial charge in [0.2, 0.25) is 0 Å². The van der Waals surface area contributed by atoms with Crippen molar-refractivity contribution in [1.29, 1.82) is 0 Å². The van der Waals surface area contributed by atoms with Crippen molar-refractivity contribution >= 4 is 21.7 Å². The van der Waals surface area contributed by atoms with Crippen LogP contribution in [0.1, 0.15) is 45.0 Å². The summed E-state index contributed by atoms with van der Waals surface area (Å²) >= 11 is 3.65. The zero-order valence-corrected chi connectivity index (χ0v) is 16.1. The lowest BCUT2D eigenvalue weighted by molar-refractivity contribution is 0.0977. The third kappa shape index (κ3) is 4.26. The number of halogens is 1. The van der Waals surface area contributed by atoms with E-state index in [2.05, 4.69) is 53.2 Å². The molecule has 25 heavy (non-hydrogen) atoms. The number of hydrogen-bond acceptors (Lipinski definition) is 1. The highest BCUT2D eigenvalue weighted by Gasteiger charge is 2.21. The van der Waals surface area contributed by atoms with Gasteiger partial charge in [-0.2, -0.15) is 0 Å². The average Bonchev–Trinajstić information content (AvgIpc) is 2.62. The maximum atomic E-state index is 12.9. The highest BCUT2D eigenvalue weighted by atomic mass is 79.9. The highest BCUT2D eigenvalue weighted by molar-refractivity contribution is 9.10. The van der Waals surface area contributed by atoms with Gasteiger partial charge in [0.05, 0.1) is 0 Å². The third-order valence-electron chi connectivity index (χ3n) is 4.52. The Morgan fingerprint density at radius 3 is 2.00 bits per heavy atom. The molecule has 2 heteroatoms. The number of ketones is 1. The summed E-state index contributed by atoms with van der Waals surface area (Å²) in [5.74, 6) is 0.200. The lowest BCUT2D eigenvalue weighted by Gasteiger charge is -2.19. The van der Waals surface area contributed by atoms with Crippen LogP contribution in [0.3, 0.4) is 0 Å². The SMILES string of the molecule is Cc1ccc(C(=O)CC(c2ccc(C)cc2)c2ccccc2Br)cc1. The lowest BCUT2D eigenvalue weighted by atomic mass is 9.85. The summed E-state index contributed by atoms with van der Waals surface area (Å²) in [6, 6.07) is 24.4. The molecule has 0 amide bonds. The van der Waals surface area contributed by atoms with E-state index in [-0.39, 0.29) is 11.7 Å². The maximum absolute atomic E-state index is 12.9. The third-order valence-corrected chi connectivity index (χ3v) is 5.25. The molecular formula is C23H21BrO. The molecule has 0 aliphatic rings. The molecule has 0 aromatic heterocycles. The van der Waals surface area contributed by atoms with Crippen LogP contribution in [-0.2, 0) is 0 Å². The van der Waals surface area contributed by atoms with Crippen LogP contribution in [0.25, 0.3) is 0 Å². The molecule has 0 spiro atoms. The Hall–Kier alpha value is -2.19. The van der Waals surface area contributed by atoms with E-state index < -0.39 is 0 Å². The van der Waals surface area contributed by atoms with Crippen LogP contribution < -0.4 is 0 Å². The first kappa shape index (κ1) is 17.6. The van der Waals surface area contributed by atoms with E-state index in [1.165, 1.54) is 5.56 Å². The van der Waals surface area contributed by atoms with E-state index in [9.17, 15) is 4.79 Å². The van der Waals surface area contributed by atoms with Gasteiger partial charge in [0.15, 0.2) is 5.78 Å². The van der Waals surface area contributed by atoms with Crippen LogP contribution >= 0.6 is 15.9 Å². The number of benzene rings is 3. The molecule has 0 N–H and O–H groups in total. The number of rotatable bonds is 5. The fourth-order valence-corrected chi connectivity index (χ4v) is 3.57. The summed E-state index contributed by atoms with van der Waals surface area (Å²) in [7, 11) is 0. The largest absolute Gasteiger partial charge is 0.294 e. The maximum Gasteiger partial charge on any atom is 0.163 e. The predicted octanol–water partition coefficient (Wildman–Crippen LogP) is 6.47. The Morgan fingerprint density at radius 2 is 1.40 bits per heavy atom. The van der Waals surface area contributed by atoms with Gasteiger partial charge >= 0.3 is 0 Å². The summed E-state index contributed by atoms with van der Waals surface area (Å²) in [5.41, 5.74) is 5.47. The van der Waals surface area contributed by atoms with Crippen molar-refractivity contribution in [2.75, 3.05) is 0 Å². The van der Waals surface area contributed by atoms with Gasteiger partial charge in [-0.1, -0.05) is 93.8 Å². The van der Waals surface area contributed by atoms with Crippen molar-refractivity contribution < 1.29 is 4.79 Å². The number of carbonyl (C=O) groups excluding carboxylic acids is 1. The monoisotopic (exact) mass is 392 g/mol. The van der Waals surface area contributed by atoms with Crippen LogP contribution in [0.4, 0.5) is 0 Å². The molecule has 126 valence electrons. The van der Waals surface area contributed by atoms with E-state index in [1.807, 2.05) is 49.4 Å². The Labute approximate surface area is 157 Å². The summed E-state index contributed by atoms with van der Waals surface area (Å²) in [6.45, 7) is 4.11. The zero-order chi connectivity index (χ0) is 17.8. The number of Topliss-reactive ketones (excluding diaryl/α,β-unsaturated/α-hetero) is 1. The molecule has 3 rings (SSSR count). The van der Waals surface area contributed by atoms with Crippen LogP contribution in [0.15, 0.2) is 77.3 Å². The predicted molar refractivity (Wildman–Crippen MR) is 107 cm³/mol. The van der Waals surface area contributed by atoms with Crippen LogP contribution in [0.2, 0.25) is 0 Å². The number of aryl methyl sites for hydroxylation is 2. The normalized spacial score (nSPS) is 12.0. The Morgan fingerprint density at radius 1 is 0.840 bits per heavy atom. The van der Waals surface area contributed by atoms with Crippen molar-refractivity contribution in [2.45, 2.75) is 26.2 Å². The first-order valence-electron chi connectivity index (χ1n) is 8.45. The summed E-state index contributed by atoms with van der Waals surface area (Å²) in [5, 5.41) is 0. The quantitative estimate of drug-likeness (QED) is 0.454. The summed E-state index contributed by atoms with van der Waals surface area (Å²) in [6.07, 6.45) is 0.453. The van der Waals surface area contributed by atoms with Crippen molar-refractivity contribution in [3.63, 3.8) is 0 Å². The molecular weight excluding hydrogens is 372 g/mol. The molecule has 0 radical (unpaired) electrons. The molecule has 1 nitrogen and oxygen atoms in total. The summed E-state index contributed by atoms with van der Waals surface area (Å²) in [4.78, 5) is 12.9. The van der Waals surface area contributed by atoms with Crippen molar-refractivity contribution in [3.8, 4) is 0 Å². The molecule has 0 saturated heterocycles. The van der Waals surface area contributed by atoms with Crippen LogP contribution in [0.5, 0.6) is 0 Å². The molecule has 0 aliphatic heterocycles. The van der Waals surface area contributed by atoms with E-state index in [0.29, 0.717) is 6.42 Å². The molecule has 1 unspecified atom stereocenters. The molecule has 0 saturated carbocycles. The van der Waals surface area contributed by atoms with E-state index in [0.717, 1.165) is 26.7 Å². The molecule has 0 bridgehead atoms. The molecule has 3 aromatic carbocycles. The minimum Gasteiger partial charge on any atom is -0.294 e. The van der Waals surface area contributed by atoms with Gasteiger partial charge in [-0.05, 0) is 31.0 Å². The first-order chi connectivity index (χ1) is 12.0. The Kier molecular flexibility index (Phi) is 5.50. The Balaban J connectivity index is 1.96. The smallest absolute Gasteiger partial charge is 0.163 e. The Bertz CT molecular complexity index is 863. The van der Waals surface area contributed by atoms with E-state index in [1.54, 1.807) is 0 Å². The van der Waals surface area contributed by atoms with Crippen LogP contribution in [-0.4, -0.2) is 5.78 Å². The van der Waals surface area contributed by atoms with Crippen LogP contribution in [0, 0.1) is 13.8 Å². The first-order valence-corrected chi connectivity index (χ1v) is 9.25. The minimum absolute atomic E-state index is 0.0324. The van der Waals surface area contributed by atoms with E-state index in [4.69, 9.17) is 0 Å². The molecule has 0 fully saturated rings. The fourth-order valence-electron chi connectivity index (χ4n) is 3.01. The van der Waals surface area contributed by atoms with Gasteiger partial charge in [-0.15, -0.1) is 0 Å². The lowest BCUT2D eigenvalue weighted by Crippen LogP contribution is -2.10. The second-order valence-corrected chi connectivity index (χ2v) is 7.33. The van der Waals surface area contributed by atoms with Gasteiger partial charge in [0, 0.05) is 22.4 Å². The van der Waals surface area contributed by atoms with Gasteiger partial charge in [0.25, 0.3) is 0 Å². The van der Waals surface area contributed by atoms with Crippen molar-refractivity contribution in [1.82, 2.24) is 0 Å². The van der Waals surface area contributed by atoms with E-state index >= 15 is 0 Å². The second kappa shape index (κ2) is 7.79. The van der Waals surface area contributed by atoms with Gasteiger partial charge in [-0.3, -0.25) is 4.79 Å². The van der Waals surface area contributed by atoms with Crippen molar-refractivity contribution in [3.05, 3.63) is 105 Å². The molecule has 3 aromatic rings. The summed E-state index contributed by atoms with van der Waals surface area (Å²) < 4.78 is 1.04. The standard InChI is InChI=1S/C23H21BrO/c1-16-7-11-18(12-8-16)21(20-5-3-4-6-22(20)24)15-23(25)19-13-9-17(2)10-14-19/h3-14,21H,15H2,1-2H3. The zero-order valence-electron chi connectivity index (χ0n) is 14.5. The fraction of sp³-hybridized carbons (Fsp3) is 0.174. The van der Waals surface area contributed by atoms with Gasteiger partial charge in [0.1, 0.15) is 0 Å².